The normalized spacial score (nSPS) is 31.3. The van der Waals surface area contributed by atoms with Gasteiger partial charge in [0.2, 0.25) is 5.91 Å². The van der Waals surface area contributed by atoms with E-state index in [9.17, 15) is 4.79 Å². The molecule has 0 bridgehead atoms. The summed E-state index contributed by atoms with van der Waals surface area (Å²) in [6, 6.07) is 0.0301. The number of primary amides is 1. The Hall–Kier alpha value is -0.280. The fourth-order valence-corrected chi connectivity index (χ4v) is 1.34. The average Bonchev–Trinajstić information content (AvgIpc) is 2.13. The van der Waals surface area contributed by atoms with E-state index in [1.54, 1.807) is 0 Å². The van der Waals surface area contributed by atoms with Gasteiger partial charge in [0.25, 0.3) is 0 Å². The molecule has 10 heavy (non-hydrogen) atoms. The van der Waals surface area contributed by atoms with E-state index in [1.807, 2.05) is 0 Å². The molecular formula is C6H13ClN2O. The first kappa shape index (κ1) is 9.72. The number of carbonyl (C=O) groups excluding carboxylic acids is 1. The zero-order valence-corrected chi connectivity index (χ0v) is 6.56. The number of carbonyl (C=O) groups is 1. The molecule has 0 aromatic carbocycles. The fourth-order valence-electron chi connectivity index (χ4n) is 1.34. The number of hydrogen-bond acceptors (Lipinski definition) is 2. The van der Waals surface area contributed by atoms with Gasteiger partial charge in [0.15, 0.2) is 0 Å². The Balaban J connectivity index is 0.000000810. The quantitative estimate of drug-likeness (QED) is 0.574. The van der Waals surface area contributed by atoms with Crippen LogP contribution in [0.4, 0.5) is 0 Å². The molecule has 1 saturated carbocycles. The van der Waals surface area contributed by atoms with Crippen molar-refractivity contribution in [3.05, 3.63) is 0 Å². The van der Waals surface area contributed by atoms with Gasteiger partial charge in [-0.05, 0) is 12.8 Å². The zero-order valence-electron chi connectivity index (χ0n) is 5.75. The highest BCUT2D eigenvalue weighted by atomic mass is 35.5. The van der Waals surface area contributed by atoms with Crippen molar-refractivity contribution in [1.82, 2.24) is 0 Å². The molecule has 4 heteroatoms. The lowest BCUT2D eigenvalue weighted by atomic mass is 10.0. The molecule has 1 aliphatic carbocycles. The van der Waals surface area contributed by atoms with Crippen molar-refractivity contribution < 1.29 is 4.79 Å². The summed E-state index contributed by atoms with van der Waals surface area (Å²) in [4.78, 5) is 10.6. The summed E-state index contributed by atoms with van der Waals surface area (Å²) < 4.78 is 0. The van der Waals surface area contributed by atoms with Crippen LogP contribution in [0.2, 0.25) is 0 Å². The second-order valence-electron chi connectivity index (χ2n) is 2.60. The van der Waals surface area contributed by atoms with Crippen molar-refractivity contribution in [3.63, 3.8) is 0 Å². The highest BCUT2D eigenvalue weighted by molar-refractivity contribution is 5.85. The first-order valence-corrected chi connectivity index (χ1v) is 3.26. The summed E-state index contributed by atoms with van der Waals surface area (Å²) in [6.07, 6.45) is 2.89. The Morgan fingerprint density at radius 1 is 1.40 bits per heavy atom. The van der Waals surface area contributed by atoms with Crippen molar-refractivity contribution in [2.45, 2.75) is 25.3 Å². The Morgan fingerprint density at radius 2 is 2.00 bits per heavy atom. The molecule has 0 saturated heterocycles. The molecule has 0 aromatic heterocycles. The van der Waals surface area contributed by atoms with E-state index in [0.717, 1.165) is 19.3 Å². The van der Waals surface area contributed by atoms with Crippen molar-refractivity contribution >= 4 is 18.3 Å². The molecule has 1 amide bonds. The molecule has 0 heterocycles. The molecule has 0 aliphatic heterocycles. The second-order valence-corrected chi connectivity index (χ2v) is 2.60. The zero-order chi connectivity index (χ0) is 6.85. The van der Waals surface area contributed by atoms with E-state index >= 15 is 0 Å². The van der Waals surface area contributed by atoms with Crippen LogP contribution in [0.1, 0.15) is 19.3 Å². The van der Waals surface area contributed by atoms with E-state index in [4.69, 9.17) is 11.5 Å². The average molecular weight is 165 g/mol. The predicted octanol–water partition coefficient (Wildman–Crippen LogP) is 0.0209. The van der Waals surface area contributed by atoms with Gasteiger partial charge in [0.1, 0.15) is 0 Å². The Morgan fingerprint density at radius 3 is 2.20 bits per heavy atom. The third kappa shape index (κ3) is 1.85. The smallest absolute Gasteiger partial charge is 0.222 e. The molecule has 1 rings (SSSR count). The van der Waals surface area contributed by atoms with Gasteiger partial charge < -0.3 is 11.5 Å². The molecular weight excluding hydrogens is 152 g/mol. The summed E-state index contributed by atoms with van der Waals surface area (Å²) in [5, 5.41) is 0. The molecule has 4 N–H and O–H groups in total. The maximum Gasteiger partial charge on any atom is 0.222 e. The second kappa shape index (κ2) is 3.78. The summed E-state index contributed by atoms with van der Waals surface area (Å²) in [5.41, 5.74) is 10.6. The van der Waals surface area contributed by atoms with Crippen molar-refractivity contribution in [2.24, 2.45) is 17.4 Å². The van der Waals surface area contributed by atoms with Gasteiger partial charge in [-0.1, -0.05) is 6.42 Å². The van der Waals surface area contributed by atoms with E-state index in [2.05, 4.69) is 0 Å². The third-order valence-electron chi connectivity index (χ3n) is 1.93. The van der Waals surface area contributed by atoms with Gasteiger partial charge in [-0.15, -0.1) is 12.4 Å². The summed E-state index contributed by atoms with van der Waals surface area (Å²) >= 11 is 0. The van der Waals surface area contributed by atoms with Crippen LogP contribution in [0.15, 0.2) is 0 Å². The minimum atomic E-state index is -0.236. The molecule has 2 atom stereocenters. The van der Waals surface area contributed by atoms with Crippen molar-refractivity contribution in [1.29, 1.82) is 0 Å². The highest BCUT2D eigenvalue weighted by Crippen LogP contribution is 2.22. The third-order valence-corrected chi connectivity index (χ3v) is 1.93. The van der Waals surface area contributed by atoms with Crippen LogP contribution < -0.4 is 11.5 Å². The molecule has 0 spiro atoms. The maximum atomic E-state index is 10.6. The van der Waals surface area contributed by atoms with E-state index in [-0.39, 0.29) is 30.3 Å². The van der Waals surface area contributed by atoms with Gasteiger partial charge in [-0.3, -0.25) is 4.79 Å². The fraction of sp³-hybridized carbons (Fsp3) is 0.833. The molecule has 3 nitrogen and oxygen atoms in total. The van der Waals surface area contributed by atoms with Crippen LogP contribution in [0.3, 0.4) is 0 Å². The topological polar surface area (TPSA) is 69.1 Å². The number of amides is 1. The summed E-state index contributed by atoms with van der Waals surface area (Å²) in [6.45, 7) is 0. The highest BCUT2D eigenvalue weighted by Gasteiger charge is 2.27. The Bertz CT molecular complexity index is 129. The van der Waals surface area contributed by atoms with E-state index < -0.39 is 0 Å². The lowest BCUT2D eigenvalue weighted by molar-refractivity contribution is -0.121. The Labute approximate surface area is 66.6 Å². The molecule has 0 aromatic rings. The van der Waals surface area contributed by atoms with Gasteiger partial charge in [-0.25, -0.2) is 0 Å². The van der Waals surface area contributed by atoms with E-state index in [1.165, 1.54) is 0 Å². The summed E-state index contributed by atoms with van der Waals surface area (Å²) in [7, 11) is 0. The van der Waals surface area contributed by atoms with Crippen molar-refractivity contribution in [2.75, 3.05) is 0 Å². The first-order chi connectivity index (χ1) is 4.22. The number of hydrogen-bond donors (Lipinski definition) is 2. The number of nitrogens with two attached hydrogens (primary N) is 2. The van der Waals surface area contributed by atoms with Gasteiger partial charge in [-0.2, -0.15) is 0 Å². The van der Waals surface area contributed by atoms with Crippen LogP contribution in [0, 0.1) is 5.92 Å². The predicted molar refractivity (Wildman–Crippen MR) is 41.8 cm³/mol. The summed E-state index contributed by atoms with van der Waals surface area (Å²) in [5.74, 6) is -0.287. The molecule has 1 fully saturated rings. The van der Waals surface area contributed by atoms with Crippen LogP contribution >= 0.6 is 12.4 Å². The van der Waals surface area contributed by atoms with Gasteiger partial charge in [0, 0.05) is 6.04 Å². The minimum Gasteiger partial charge on any atom is -0.369 e. The number of rotatable bonds is 1. The maximum absolute atomic E-state index is 10.6. The monoisotopic (exact) mass is 164 g/mol. The van der Waals surface area contributed by atoms with Gasteiger partial charge >= 0.3 is 0 Å². The molecule has 2 unspecified atom stereocenters. The first-order valence-electron chi connectivity index (χ1n) is 3.26. The van der Waals surface area contributed by atoms with Crippen LogP contribution in [0.25, 0.3) is 0 Å². The SMILES string of the molecule is Cl.NC(=O)C1CCCC1N. The van der Waals surface area contributed by atoms with Crippen LogP contribution in [-0.4, -0.2) is 11.9 Å². The van der Waals surface area contributed by atoms with Crippen LogP contribution in [-0.2, 0) is 4.79 Å². The lowest BCUT2D eigenvalue weighted by Gasteiger charge is -2.08. The van der Waals surface area contributed by atoms with Crippen molar-refractivity contribution in [3.8, 4) is 0 Å². The Kier molecular flexibility index (Phi) is 3.68. The van der Waals surface area contributed by atoms with E-state index in [0.29, 0.717) is 0 Å². The van der Waals surface area contributed by atoms with Gasteiger partial charge in [0.05, 0.1) is 5.92 Å². The number of halogens is 1. The minimum absolute atomic E-state index is 0. The molecule has 0 radical (unpaired) electrons. The molecule has 60 valence electrons. The molecule has 1 aliphatic rings. The lowest BCUT2D eigenvalue weighted by Crippen LogP contribution is -2.34. The largest absolute Gasteiger partial charge is 0.369 e. The van der Waals surface area contributed by atoms with Crippen LogP contribution in [0.5, 0.6) is 0 Å². The standard InChI is InChI=1S/C6H12N2O.ClH/c7-5-3-1-2-4(5)6(8)9;/h4-5H,1-3,7H2,(H2,8,9);1H.